The van der Waals surface area contributed by atoms with Crippen LogP contribution in [0.15, 0.2) is 0 Å². The summed E-state index contributed by atoms with van der Waals surface area (Å²) in [5, 5.41) is 6.59. The van der Waals surface area contributed by atoms with Gasteiger partial charge in [0.1, 0.15) is 5.60 Å². The third kappa shape index (κ3) is 4.60. The molecule has 0 bridgehead atoms. The Morgan fingerprint density at radius 3 is 2.74 bits per heavy atom. The Bertz CT molecular complexity index is 417. The molecule has 0 aromatic carbocycles. The number of nitrogens with one attached hydrogen (secondary N) is 2. The Balaban J connectivity index is 1.69. The van der Waals surface area contributed by atoms with Crippen LogP contribution in [-0.2, 0) is 9.47 Å². The lowest BCUT2D eigenvalue weighted by Crippen LogP contribution is -2.69. The zero-order valence-electron chi connectivity index (χ0n) is 15.6. The van der Waals surface area contributed by atoms with E-state index in [0.717, 1.165) is 19.6 Å². The highest BCUT2D eigenvalue weighted by Crippen LogP contribution is 2.51. The highest BCUT2D eigenvalue weighted by Gasteiger charge is 2.57. The van der Waals surface area contributed by atoms with Crippen molar-refractivity contribution in [2.45, 2.75) is 84.6 Å². The Labute approximate surface area is 140 Å². The number of hydrogen-bond donors (Lipinski definition) is 2. The number of alkyl carbamates (subject to hydrolysis) is 1. The first-order valence-electron chi connectivity index (χ1n) is 8.96. The second-order valence-corrected chi connectivity index (χ2v) is 8.69. The van der Waals surface area contributed by atoms with E-state index in [0.29, 0.717) is 18.1 Å². The maximum absolute atomic E-state index is 11.8. The summed E-state index contributed by atoms with van der Waals surface area (Å²) in [7, 11) is 0. The van der Waals surface area contributed by atoms with Crippen LogP contribution >= 0.6 is 0 Å². The van der Waals surface area contributed by atoms with E-state index in [4.69, 9.17) is 9.47 Å². The second kappa shape index (κ2) is 6.98. The smallest absolute Gasteiger partial charge is 0.407 e. The molecule has 5 nitrogen and oxygen atoms in total. The van der Waals surface area contributed by atoms with Crippen molar-refractivity contribution in [1.82, 2.24) is 10.6 Å². The molecule has 1 saturated heterocycles. The monoisotopic (exact) mass is 326 g/mol. The minimum Gasteiger partial charge on any atom is -0.444 e. The number of carbonyl (C=O) groups is 1. The molecule has 1 saturated carbocycles. The normalized spacial score (nSPS) is 30.8. The van der Waals surface area contributed by atoms with Crippen LogP contribution in [0.5, 0.6) is 0 Å². The van der Waals surface area contributed by atoms with Gasteiger partial charge in [-0.15, -0.1) is 0 Å². The molecule has 5 heteroatoms. The highest BCUT2D eigenvalue weighted by atomic mass is 16.6. The molecule has 0 spiro atoms. The average Bonchev–Trinajstić information content (AvgIpc) is 2.41. The molecule has 2 rings (SSSR count). The van der Waals surface area contributed by atoms with E-state index in [9.17, 15) is 4.79 Å². The molecule has 4 unspecified atom stereocenters. The minimum atomic E-state index is -0.450. The summed E-state index contributed by atoms with van der Waals surface area (Å²) >= 11 is 0. The lowest BCUT2D eigenvalue weighted by molar-refractivity contribution is -0.192. The molecule has 2 N–H and O–H groups in total. The predicted octanol–water partition coefficient (Wildman–Crippen LogP) is 3.08. The van der Waals surface area contributed by atoms with Gasteiger partial charge in [0.05, 0.1) is 6.10 Å². The van der Waals surface area contributed by atoms with E-state index in [1.807, 2.05) is 27.7 Å². The van der Waals surface area contributed by atoms with Crippen LogP contribution in [0.1, 0.15) is 60.8 Å². The largest absolute Gasteiger partial charge is 0.444 e. The third-order valence-electron chi connectivity index (χ3n) is 5.04. The molecule has 4 atom stereocenters. The van der Waals surface area contributed by atoms with Gasteiger partial charge in [0.15, 0.2) is 0 Å². The average molecular weight is 326 g/mol. The first-order valence-corrected chi connectivity index (χ1v) is 8.96. The van der Waals surface area contributed by atoms with Gasteiger partial charge < -0.3 is 20.1 Å². The van der Waals surface area contributed by atoms with E-state index in [-0.39, 0.29) is 17.6 Å². The van der Waals surface area contributed by atoms with Crippen molar-refractivity contribution in [3.05, 3.63) is 0 Å². The van der Waals surface area contributed by atoms with Crippen molar-refractivity contribution in [2.24, 2.45) is 11.3 Å². The van der Waals surface area contributed by atoms with Crippen molar-refractivity contribution in [1.29, 1.82) is 0 Å². The van der Waals surface area contributed by atoms with Crippen LogP contribution < -0.4 is 10.6 Å². The fraction of sp³-hybridized carbons (Fsp3) is 0.944. The van der Waals surface area contributed by atoms with Crippen molar-refractivity contribution < 1.29 is 14.3 Å². The van der Waals surface area contributed by atoms with Gasteiger partial charge in [0, 0.05) is 30.0 Å². The van der Waals surface area contributed by atoms with Gasteiger partial charge >= 0.3 is 6.09 Å². The molecule has 0 aromatic rings. The maximum atomic E-state index is 11.8. The number of hydrogen-bond acceptors (Lipinski definition) is 4. The van der Waals surface area contributed by atoms with Crippen LogP contribution in [0.4, 0.5) is 4.79 Å². The molecule has 1 aliphatic heterocycles. The van der Waals surface area contributed by atoms with Crippen molar-refractivity contribution in [3.8, 4) is 0 Å². The molecule has 1 heterocycles. The van der Waals surface area contributed by atoms with E-state index in [1.165, 1.54) is 12.8 Å². The SMILES string of the molecule is CC(CCNC1C2CCCOC2C1(C)C)NC(=O)OC(C)(C)C. The molecule has 1 aliphatic carbocycles. The number of amides is 1. The van der Waals surface area contributed by atoms with Gasteiger partial charge in [0.2, 0.25) is 0 Å². The first kappa shape index (κ1) is 18.5. The molecule has 2 aliphatic rings. The van der Waals surface area contributed by atoms with Crippen LogP contribution in [0.25, 0.3) is 0 Å². The molecule has 1 amide bonds. The van der Waals surface area contributed by atoms with Gasteiger partial charge in [-0.2, -0.15) is 0 Å². The number of rotatable bonds is 5. The Hall–Kier alpha value is -0.810. The Morgan fingerprint density at radius 1 is 1.39 bits per heavy atom. The van der Waals surface area contributed by atoms with E-state index >= 15 is 0 Å². The minimum absolute atomic E-state index is 0.0962. The third-order valence-corrected chi connectivity index (χ3v) is 5.04. The molecular formula is C18H34N2O3. The number of carbonyl (C=O) groups excluding carboxylic acids is 1. The Morgan fingerprint density at radius 2 is 2.09 bits per heavy atom. The fourth-order valence-corrected chi connectivity index (χ4v) is 3.97. The van der Waals surface area contributed by atoms with Crippen molar-refractivity contribution in [2.75, 3.05) is 13.2 Å². The summed E-state index contributed by atoms with van der Waals surface area (Å²) in [6, 6.07) is 0.612. The maximum Gasteiger partial charge on any atom is 0.407 e. The molecule has 0 radical (unpaired) electrons. The van der Waals surface area contributed by atoms with Crippen molar-refractivity contribution >= 4 is 6.09 Å². The summed E-state index contributed by atoms with van der Waals surface area (Å²) in [6.07, 6.45) is 3.40. The topological polar surface area (TPSA) is 59.6 Å². The number of ether oxygens (including phenoxy) is 2. The first-order chi connectivity index (χ1) is 10.6. The van der Waals surface area contributed by atoms with Crippen LogP contribution in [0.2, 0.25) is 0 Å². The zero-order chi connectivity index (χ0) is 17.3. The van der Waals surface area contributed by atoms with Crippen LogP contribution in [-0.4, -0.2) is 43.0 Å². The van der Waals surface area contributed by atoms with E-state index < -0.39 is 5.60 Å². The standard InChI is InChI=1S/C18H34N2O3/c1-12(20-16(21)23-17(2,3)4)9-10-19-14-13-8-7-11-22-15(13)18(14,5)6/h12-15,19H,7-11H2,1-6H3,(H,20,21). The van der Waals surface area contributed by atoms with Crippen LogP contribution in [0.3, 0.4) is 0 Å². The summed E-state index contributed by atoms with van der Waals surface area (Å²) < 4.78 is 11.2. The molecular weight excluding hydrogens is 292 g/mol. The summed E-state index contributed by atoms with van der Waals surface area (Å²) in [4.78, 5) is 11.8. The van der Waals surface area contributed by atoms with E-state index in [1.54, 1.807) is 0 Å². The molecule has 0 aromatic heterocycles. The van der Waals surface area contributed by atoms with Gasteiger partial charge in [0.25, 0.3) is 0 Å². The molecule has 23 heavy (non-hydrogen) atoms. The number of fused-ring (bicyclic) bond motifs is 1. The fourth-order valence-electron chi connectivity index (χ4n) is 3.97. The second-order valence-electron chi connectivity index (χ2n) is 8.69. The van der Waals surface area contributed by atoms with E-state index in [2.05, 4.69) is 24.5 Å². The van der Waals surface area contributed by atoms with Crippen LogP contribution in [0, 0.1) is 11.3 Å². The zero-order valence-corrected chi connectivity index (χ0v) is 15.6. The van der Waals surface area contributed by atoms with Gasteiger partial charge in [-0.3, -0.25) is 0 Å². The predicted molar refractivity (Wildman–Crippen MR) is 91.5 cm³/mol. The summed E-state index contributed by atoms with van der Waals surface area (Å²) in [5.41, 5.74) is -0.249. The lowest BCUT2D eigenvalue weighted by Gasteiger charge is -2.60. The summed E-state index contributed by atoms with van der Waals surface area (Å²) in [6.45, 7) is 14.0. The molecule has 2 fully saturated rings. The van der Waals surface area contributed by atoms with Crippen molar-refractivity contribution in [3.63, 3.8) is 0 Å². The van der Waals surface area contributed by atoms with Gasteiger partial charge in [-0.05, 0) is 53.5 Å². The molecule has 134 valence electrons. The quantitative estimate of drug-likeness (QED) is 0.815. The summed E-state index contributed by atoms with van der Waals surface area (Å²) in [5.74, 6) is 0.646. The highest BCUT2D eigenvalue weighted by molar-refractivity contribution is 5.67. The Kier molecular flexibility index (Phi) is 5.62. The van der Waals surface area contributed by atoms with Gasteiger partial charge in [-0.1, -0.05) is 13.8 Å². The van der Waals surface area contributed by atoms with Gasteiger partial charge in [-0.25, -0.2) is 4.79 Å². The lowest BCUT2D eigenvalue weighted by atomic mass is 9.55.